The highest BCUT2D eigenvalue weighted by Crippen LogP contribution is 2.10. The number of nitrogens with zero attached hydrogens (tertiary/aromatic N) is 4. The summed E-state index contributed by atoms with van der Waals surface area (Å²) in [5.74, 6) is 1.56. The van der Waals surface area contributed by atoms with Gasteiger partial charge in [-0.3, -0.25) is 0 Å². The maximum absolute atomic E-state index is 4.52. The maximum atomic E-state index is 4.52. The lowest BCUT2D eigenvalue weighted by Crippen LogP contribution is -2.27. The first kappa shape index (κ1) is 14.7. The third-order valence-electron chi connectivity index (χ3n) is 2.65. The quantitative estimate of drug-likeness (QED) is 0.684. The fourth-order valence-electron chi connectivity index (χ4n) is 1.76. The standard InChI is InChI=1S/C13H25N5/c1-4-7-8-14-12-11-15-17-13(16-12)18(9-5-2)10-6-3/h11H,4-10H2,1-3H3,(H,14,16,17). The zero-order valence-corrected chi connectivity index (χ0v) is 11.8. The van der Waals surface area contributed by atoms with Crippen molar-refractivity contribution in [2.24, 2.45) is 0 Å². The predicted molar refractivity (Wildman–Crippen MR) is 76.0 cm³/mol. The average molecular weight is 251 g/mol. The molecule has 0 unspecified atom stereocenters. The van der Waals surface area contributed by atoms with Crippen LogP contribution < -0.4 is 10.2 Å². The molecule has 5 nitrogen and oxygen atoms in total. The molecule has 0 bridgehead atoms. The molecule has 0 spiro atoms. The summed E-state index contributed by atoms with van der Waals surface area (Å²) < 4.78 is 0. The Bertz CT molecular complexity index is 323. The van der Waals surface area contributed by atoms with E-state index < -0.39 is 0 Å². The Balaban J connectivity index is 2.65. The number of unbranched alkanes of at least 4 members (excludes halogenated alkanes) is 1. The molecule has 102 valence electrons. The van der Waals surface area contributed by atoms with E-state index in [0.29, 0.717) is 0 Å². The summed E-state index contributed by atoms with van der Waals surface area (Å²) in [4.78, 5) is 6.72. The van der Waals surface area contributed by atoms with E-state index in [-0.39, 0.29) is 0 Å². The van der Waals surface area contributed by atoms with E-state index in [1.807, 2.05) is 0 Å². The number of hydrogen-bond donors (Lipinski definition) is 1. The number of hydrogen-bond acceptors (Lipinski definition) is 5. The molecular formula is C13H25N5. The monoisotopic (exact) mass is 251 g/mol. The van der Waals surface area contributed by atoms with Crippen molar-refractivity contribution in [3.8, 4) is 0 Å². The molecule has 18 heavy (non-hydrogen) atoms. The average Bonchev–Trinajstić information content (AvgIpc) is 2.39. The van der Waals surface area contributed by atoms with Gasteiger partial charge in [0.05, 0.1) is 6.20 Å². The van der Waals surface area contributed by atoms with Crippen molar-refractivity contribution in [1.29, 1.82) is 0 Å². The van der Waals surface area contributed by atoms with Crippen LogP contribution in [0.4, 0.5) is 11.8 Å². The number of nitrogens with one attached hydrogen (secondary N) is 1. The first-order valence-electron chi connectivity index (χ1n) is 7.00. The van der Waals surface area contributed by atoms with Crippen molar-refractivity contribution >= 4 is 11.8 Å². The Labute approximate surface area is 110 Å². The van der Waals surface area contributed by atoms with Crippen molar-refractivity contribution in [2.75, 3.05) is 29.9 Å². The second-order valence-corrected chi connectivity index (χ2v) is 4.41. The highest BCUT2D eigenvalue weighted by Gasteiger charge is 2.08. The summed E-state index contributed by atoms with van der Waals surface area (Å²) >= 11 is 0. The molecule has 1 heterocycles. The van der Waals surface area contributed by atoms with Gasteiger partial charge in [0.25, 0.3) is 0 Å². The second-order valence-electron chi connectivity index (χ2n) is 4.41. The molecule has 0 amide bonds. The number of aromatic nitrogens is 3. The van der Waals surface area contributed by atoms with Gasteiger partial charge in [-0.2, -0.15) is 10.1 Å². The largest absolute Gasteiger partial charge is 0.369 e. The van der Waals surface area contributed by atoms with Crippen LogP contribution in [0.3, 0.4) is 0 Å². The van der Waals surface area contributed by atoms with Crippen molar-refractivity contribution in [1.82, 2.24) is 15.2 Å². The molecule has 1 aromatic rings. The van der Waals surface area contributed by atoms with Gasteiger partial charge in [0.15, 0.2) is 5.82 Å². The van der Waals surface area contributed by atoms with Crippen LogP contribution in [0, 0.1) is 0 Å². The molecule has 0 aliphatic heterocycles. The zero-order chi connectivity index (χ0) is 13.2. The summed E-state index contributed by atoms with van der Waals surface area (Å²) in [5, 5.41) is 11.4. The number of anilines is 2. The zero-order valence-electron chi connectivity index (χ0n) is 11.8. The molecule has 0 aromatic carbocycles. The summed E-state index contributed by atoms with van der Waals surface area (Å²) in [6.45, 7) is 9.41. The second kappa shape index (κ2) is 8.66. The lowest BCUT2D eigenvalue weighted by molar-refractivity contribution is 0.709. The third kappa shape index (κ3) is 4.85. The molecule has 0 aliphatic rings. The fraction of sp³-hybridized carbons (Fsp3) is 0.769. The minimum atomic E-state index is 0.736. The number of rotatable bonds is 9. The minimum absolute atomic E-state index is 0.736. The van der Waals surface area contributed by atoms with E-state index in [0.717, 1.165) is 50.7 Å². The van der Waals surface area contributed by atoms with Gasteiger partial charge < -0.3 is 10.2 Å². The van der Waals surface area contributed by atoms with Gasteiger partial charge in [0.1, 0.15) is 0 Å². The van der Waals surface area contributed by atoms with Crippen LogP contribution >= 0.6 is 0 Å². The first-order chi connectivity index (χ1) is 8.81. The Kier molecular flexibility index (Phi) is 7.06. The molecule has 0 aliphatic carbocycles. The highest BCUT2D eigenvalue weighted by atomic mass is 15.3. The van der Waals surface area contributed by atoms with Crippen molar-refractivity contribution in [3.63, 3.8) is 0 Å². The Hall–Kier alpha value is -1.39. The van der Waals surface area contributed by atoms with Gasteiger partial charge in [0.2, 0.25) is 5.95 Å². The van der Waals surface area contributed by atoms with Gasteiger partial charge >= 0.3 is 0 Å². The summed E-state index contributed by atoms with van der Waals surface area (Å²) in [5.41, 5.74) is 0. The third-order valence-corrected chi connectivity index (χ3v) is 2.65. The van der Waals surface area contributed by atoms with E-state index >= 15 is 0 Å². The van der Waals surface area contributed by atoms with Crippen molar-refractivity contribution in [2.45, 2.75) is 46.5 Å². The van der Waals surface area contributed by atoms with Crippen LogP contribution in [-0.4, -0.2) is 34.8 Å². The maximum Gasteiger partial charge on any atom is 0.247 e. The minimum Gasteiger partial charge on any atom is -0.369 e. The molecule has 1 N–H and O–H groups in total. The van der Waals surface area contributed by atoms with E-state index in [4.69, 9.17) is 0 Å². The van der Waals surface area contributed by atoms with Gasteiger partial charge in [0, 0.05) is 19.6 Å². The molecule has 1 rings (SSSR count). The molecule has 5 heteroatoms. The molecule has 0 fully saturated rings. The van der Waals surface area contributed by atoms with E-state index in [2.05, 4.69) is 46.2 Å². The van der Waals surface area contributed by atoms with E-state index in [1.165, 1.54) is 6.42 Å². The lowest BCUT2D eigenvalue weighted by atomic mass is 10.3. The molecule has 0 radical (unpaired) electrons. The van der Waals surface area contributed by atoms with Crippen LogP contribution in [0.25, 0.3) is 0 Å². The first-order valence-corrected chi connectivity index (χ1v) is 7.00. The smallest absolute Gasteiger partial charge is 0.247 e. The van der Waals surface area contributed by atoms with Gasteiger partial charge in [-0.25, -0.2) is 0 Å². The molecular weight excluding hydrogens is 226 g/mol. The lowest BCUT2D eigenvalue weighted by Gasteiger charge is -2.20. The van der Waals surface area contributed by atoms with Crippen molar-refractivity contribution < 1.29 is 0 Å². The topological polar surface area (TPSA) is 53.9 Å². The van der Waals surface area contributed by atoms with Crippen LogP contribution in [0.1, 0.15) is 46.5 Å². The summed E-state index contributed by atoms with van der Waals surface area (Å²) in [7, 11) is 0. The van der Waals surface area contributed by atoms with Crippen molar-refractivity contribution in [3.05, 3.63) is 6.20 Å². The molecule has 1 aromatic heterocycles. The van der Waals surface area contributed by atoms with Crippen LogP contribution in [0.5, 0.6) is 0 Å². The normalized spacial score (nSPS) is 10.4. The SMILES string of the molecule is CCCCNc1cnnc(N(CCC)CCC)n1. The Morgan fingerprint density at radius 3 is 2.44 bits per heavy atom. The Morgan fingerprint density at radius 2 is 1.83 bits per heavy atom. The molecule has 0 saturated carbocycles. The van der Waals surface area contributed by atoms with Crippen LogP contribution in [-0.2, 0) is 0 Å². The predicted octanol–water partition coefficient (Wildman–Crippen LogP) is 2.71. The van der Waals surface area contributed by atoms with Gasteiger partial charge in [-0.05, 0) is 19.3 Å². The van der Waals surface area contributed by atoms with Crippen LogP contribution in [0.2, 0.25) is 0 Å². The highest BCUT2D eigenvalue weighted by molar-refractivity contribution is 5.38. The summed E-state index contributed by atoms with van der Waals surface area (Å²) in [6, 6.07) is 0. The van der Waals surface area contributed by atoms with E-state index in [9.17, 15) is 0 Å². The van der Waals surface area contributed by atoms with Gasteiger partial charge in [-0.15, -0.1) is 5.10 Å². The van der Waals surface area contributed by atoms with Gasteiger partial charge in [-0.1, -0.05) is 27.2 Å². The molecule has 0 atom stereocenters. The van der Waals surface area contributed by atoms with E-state index in [1.54, 1.807) is 6.20 Å². The summed E-state index contributed by atoms with van der Waals surface area (Å²) in [6.07, 6.45) is 6.20. The fourth-order valence-corrected chi connectivity index (χ4v) is 1.76. The van der Waals surface area contributed by atoms with Crippen LogP contribution in [0.15, 0.2) is 6.20 Å². The Morgan fingerprint density at radius 1 is 1.11 bits per heavy atom. The molecule has 0 saturated heterocycles.